The third-order valence-corrected chi connectivity index (χ3v) is 2.42. The Bertz CT molecular complexity index is 521. The predicted octanol–water partition coefficient (Wildman–Crippen LogP) is 1.50. The summed E-state index contributed by atoms with van der Waals surface area (Å²) in [7, 11) is 0. The number of aryl methyl sites for hydroxylation is 1. The molecule has 2 rings (SSSR count). The van der Waals surface area contributed by atoms with Gasteiger partial charge in [0, 0.05) is 17.3 Å². The van der Waals surface area contributed by atoms with E-state index in [9.17, 15) is 4.79 Å². The molecule has 2 aromatic rings. The van der Waals surface area contributed by atoms with E-state index >= 15 is 0 Å². The first-order valence-electron chi connectivity index (χ1n) is 5.20. The molecule has 0 aliphatic carbocycles. The van der Waals surface area contributed by atoms with Crippen LogP contribution in [0.2, 0.25) is 0 Å². The van der Waals surface area contributed by atoms with Crippen molar-refractivity contribution in [2.75, 3.05) is 5.73 Å². The Labute approximate surface area is 98.6 Å². The zero-order chi connectivity index (χ0) is 12.3. The zero-order valence-electron chi connectivity index (χ0n) is 9.43. The summed E-state index contributed by atoms with van der Waals surface area (Å²) >= 11 is 0. The number of nitrogen functional groups attached to an aromatic ring is 1. The van der Waals surface area contributed by atoms with Crippen molar-refractivity contribution in [3.05, 3.63) is 47.3 Å². The van der Waals surface area contributed by atoms with Gasteiger partial charge in [0.05, 0.1) is 12.7 Å². The monoisotopic (exact) mass is 231 g/mol. The number of nitrogens with two attached hydrogens (primary N) is 1. The lowest BCUT2D eigenvalue weighted by Gasteiger charge is -2.07. The fraction of sp³-hybridized carbons (Fsp3) is 0.167. The molecule has 1 heterocycles. The van der Waals surface area contributed by atoms with Crippen LogP contribution in [0.4, 0.5) is 5.69 Å². The molecule has 0 radical (unpaired) electrons. The summed E-state index contributed by atoms with van der Waals surface area (Å²) in [6.07, 6.45) is 1.53. The standard InChI is InChI=1S/C12H13N3O2/c1-8-2-3-9(13)6-11(8)12(16)14-7-10-4-5-15-17-10/h2-6H,7,13H2,1H3,(H,14,16). The molecule has 5 heteroatoms. The average molecular weight is 231 g/mol. The maximum absolute atomic E-state index is 11.9. The maximum atomic E-state index is 11.9. The number of rotatable bonds is 3. The van der Waals surface area contributed by atoms with Crippen molar-refractivity contribution >= 4 is 11.6 Å². The van der Waals surface area contributed by atoms with Crippen molar-refractivity contribution in [2.45, 2.75) is 13.5 Å². The van der Waals surface area contributed by atoms with E-state index in [4.69, 9.17) is 10.3 Å². The van der Waals surface area contributed by atoms with Gasteiger partial charge in [-0.25, -0.2) is 0 Å². The van der Waals surface area contributed by atoms with E-state index in [-0.39, 0.29) is 5.91 Å². The fourth-order valence-corrected chi connectivity index (χ4v) is 1.48. The van der Waals surface area contributed by atoms with Crippen molar-refractivity contribution in [1.82, 2.24) is 10.5 Å². The van der Waals surface area contributed by atoms with Crippen LogP contribution in [0.5, 0.6) is 0 Å². The summed E-state index contributed by atoms with van der Waals surface area (Å²) in [6, 6.07) is 6.94. The lowest BCUT2D eigenvalue weighted by atomic mass is 10.1. The van der Waals surface area contributed by atoms with E-state index in [2.05, 4.69) is 10.5 Å². The quantitative estimate of drug-likeness (QED) is 0.784. The molecule has 1 amide bonds. The van der Waals surface area contributed by atoms with E-state index in [0.29, 0.717) is 23.6 Å². The Morgan fingerprint density at radius 1 is 1.47 bits per heavy atom. The van der Waals surface area contributed by atoms with Gasteiger partial charge in [-0.15, -0.1) is 0 Å². The maximum Gasteiger partial charge on any atom is 0.252 e. The largest absolute Gasteiger partial charge is 0.399 e. The molecule has 0 aliphatic rings. The van der Waals surface area contributed by atoms with Crippen molar-refractivity contribution < 1.29 is 9.32 Å². The molecule has 0 fully saturated rings. The summed E-state index contributed by atoms with van der Waals surface area (Å²) in [4.78, 5) is 11.9. The zero-order valence-corrected chi connectivity index (χ0v) is 9.43. The van der Waals surface area contributed by atoms with Crippen LogP contribution in [-0.2, 0) is 6.54 Å². The predicted molar refractivity (Wildman–Crippen MR) is 63.3 cm³/mol. The van der Waals surface area contributed by atoms with Crippen molar-refractivity contribution in [1.29, 1.82) is 0 Å². The molecule has 0 saturated carbocycles. The molecule has 0 bridgehead atoms. The topological polar surface area (TPSA) is 81.2 Å². The highest BCUT2D eigenvalue weighted by Gasteiger charge is 2.09. The minimum Gasteiger partial charge on any atom is -0.399 e. The molecule has 17 heavy (non-hydrogen) atoms. The van der Waals surface area contributed by atoms with Gasteiger partial charge in [-0.1, -0.05) is 11.2 Å². The number of nitrogens with one attached hydrogen (secondary N) is 1. The van der Waals surface area contributed by atoms with Crippen LogP contribution in [0.15, 0.2) is 35.0 Å². The number of carbonyl (C=O) groups excluding carboxylic acids is 1. The molecule has 0 aliphatic heterocycles. The molecule has 1 aromatic carbocycles. The Hall–Kier alpha value is -2.30. The van der Waals surface area contributed by atoms with Crippen LogP contribution in [0, 0.1) is 6.92 Å². The van der Waals surface area contributed by atoms with Gasteiger partial charge in [-0.05, 0) is 24.6 Å². The Kier molecular flexibility index (Phi) is 3.09. The van der Waals surface area contributed by atoms with Crippen molar-refractivity contribution in [3.63, 3.8) is 0 Å². The average Bonchev–Trinajstić information content (AvgIpc) is 2.82. The molecule has 3 N–H and O–H groups in total. The molecule has 1 aromatic heterocycles. The summed E-state index contributed by atoms with van der Waals surface area (Å²) in [5.74, 6) is 0.436. The van der Waals surface area contributed by atoms with Crippen LogP contribution in [0.25, 0.3) is 0 Å². The van der Waals surface area contributed by atoms with Gasteiger partial charge in [0.1, 0.15) is 0 Å². The van der Waals surface area contributed by atoms with E-state index in [1.54, 1.807) is 18.2 Å². The first-order chi connectivity index (χ1) is 8.16. The smallest absolute Gasteiger partial charge is 0.252 e. The number of carbonyl (C=O) groups is 1. The van der Waals surface area contributed by atoms with Crippen LogP contribution in [0.3, 0.4) is 0 Å². The van der Waals surface area contributed by atoms with Gasteiger partial charge >= 0.3 is 0 Å². The first kappa shape index (κ1) is 11.2. The fourth-order valence-electron chi connectivity index (χ4n) is 1.48. The number of aromatic nitrogens is 1. The highest BCUT2D eigenvalue weighted by molar-refractivity contribution is 5.96. The number of benzene rings is 1. The number of amides is 1. The first-order valence-corrected chi connectivity index (χ1v) is 5.20. The molecule has 0 saturated heterocycles. The van der Waals surface area contributed by atoms with Gasteiger partial charge in [0.15, 0.2) is 5.76 Å². The van der Waals surface area contributed by atoms with Gasteiger partial charge in [0.25, 0.3) is 5.91 Å². The third kappa shape index (κ3) is 2.63. The molecule has 0 unspecified atom stereocenters. The minimum atomic E-state index is -0.175. The van der Waals surface area contributed by atoms with Gasteiger partial charge in [-0.3, -0.25) is 4.79 Å². The molecule has 88 valence electrons. The Balaban J connectivity index is 2.07. The van der Waals surface area contributed by atoms with E-state index in [1.165, 1.54) is 6.20 Å². The number of nitrogens with zero attached hydrogens (tertiary/aromatic N) is 1. The second kappa shape index (κ2) is 4.69. The molecule has 0 atom stereocenters. The number of anilines is 1. The van der Waals surface area contributed by atoms with Gasteiger partial charge < -0.3 is 15.6 Å². The Morgan fingerprint density at radius 3 is 3.00 bits per heavy atom. The number of hydrogen-bond donors (Lipinski definition) is 2. The van der Waals surface area contributed by atoms with E-state index < -0.39 is 0 Å². The van der Waals surface area contributed by atoms with E-state index in [0.717, 1.165) is 5.56 Å². The highest BCUT2D eigenvalue weighted by atomic mass is 16.5. The normalized spacial score (nSPS) is 10.2. The lowest BCUT2D eigenvalue weighted by Crippen LogP contribution is -2.23. The molecule has 0 spiro atoms. The highest BCUT2D eigenvalue weighted by Crippen LogP contribution is 2.12. The minimum absolute atomic E-state index is 0.175. The summed E-state index contributed by atoms with van der Waals surface area (Å²) < 4.78 is 4.88. The summed E-state index contributed by atoms with van der Waals surface area (Å²) in [5, 5.41) is 6.30. The molecule has 5 nitrogen and oxygen atoms in total. The van der Waals surface area contributed by atoms with Crippen molar-refractivity contribution in [2.24, 2.45) is 0 Å². The summed E-state index contributed by atoms with van der Waals surface area (Å²) in [5.41, 5.74) is 7.67. The van der Waals surface area contributed by atoms with Gasteiger partial charge in [0.2, 0.25) is 0 Å². The molecular formula is C12H13N3O2. The SMILES string of the molecule is Cc1ccc(N)cc1C(=O)NCc1ccno1. The summed E-state index contributed by atoms with van der Waals surface area (Å²) in [6.45, 7) is 2.18. The van der Waals surface area contributed by atoms with Gasteiger partial charge in [-0.2, -0.15) is 0 Å². The third-order valence-electron chi connectivity index (χ3n) is 2.42. The van der Waals surface area contributed by atoms with Crippen LogP contribution in [-0.4, -0.2) is 11.1 Å². The number of hydrogen-bond acceptors (Lipinski definition) is 4. The molecular weight excluding hydrogens is 218 g/mol. The van der Waals surface area contributed by atoms with Crippen molar-refractivity contribution in [3.8, 4) is 0 Å². The Morgan fingerprint density at radius 2 is 2.29 bits per heavy atom. The second-order valence-corrected chi connectivity index (χ2v) is 3.74. The second-order valence-electron chi connectivity index (χ2n) is 3.74. The van der Waals surface area contributed by atoms with Crippen LogP contribution < -0.4 is 11.1 Å². The van der Waals surface area contributed by atoms with E-state index in [1.807, 2.05) is 13.0 Å². The lowest BCUT2D eigenvalue weighted by molar-refractivity contribution is 0.0946. The van der Waals surface area contributed by atoms with Crippen LogP contribution >= 0.6 is 0 Å². The van der Waals surface area contributed by atoms with Crippen LogP contribution in [0.1, 0.15) is 21.7 Å².